The molecule has 17 heavy (non-hydrogen) atoms. The highest BCUT2D eigenvalue weighted by Crippen LogP contribution is 2.24. The predicted molar refractivity (Wildman–Crippen MR) is 75.5 cm³/mol. The Balaban J connectivity index is 2.14. The lowest BCUT2D eigenvalue weighted by Crippen LogP contribution is -2.06. The van der Waals surface area contributed by atoms with Crippen LogP contribution in [0.15, 0.2) is 15.9 Å². The molecule has 4 nitrogen and oxygen atoms in total. The Morgan fingerprint density at radius 2 is 2.29 bits per heavy atom. The molecule has 0 atom stereocenters. The number of aromatic nitrogens is 2. The van der Waals surface area contributed by atoms with Crippen LogP contribution < -0.4 is 11.1 Å². The summed E-state index contributed by atoms with van der Waals surface area (Å²) >= 11 is 10.8. The maximum atomic E-state index is 5.87. The maximum absolute atomic E-state index is 5.87. The molecule has 2 aromatic rings. The van der Waals surface area contributed by atoms with Crippen molar-refractivity contribution in [1.29, 1.82) is 0 Å². The van der Waals surface area contributed by atoms with E-state index in [4.69, 9.17) is 17.3 Å². The molecular weight excluding hydrogens is 324 g/mol. The van der Waals surface area contributed by atoms with Crippen LogP contribution in [0.4, 0.5) is 11.5 Å². The van der Waals surface area contributed by atoms with Gasteiger partial charge in [0.05, 0.1) is 17.9 Å². The van der Waals surface area contributed by atoms with E-state index in [0.717, 1.165) is 4.47 Å². The Morgan fingerprint density at radius 3 is 2.94 bits per heavy atom. The van der Waals surface area contributed by atoms with Crippen molar-refractivity contribution in [2.24, 2.45) is 0 Å². The third-order valence-corrected chi connectivity index (χ3v) is 4.03. The molecule has 0 saturated heterocycles. The van der Waals surface area contributed by atoms with E-state index in [1.807, 2.05) is 11.4 Å². The topological polar surface area (TPSA) is 63.8 Å². The first-order chi connectivity index (χ1) is 8.06. The molecule has 0 saturated carbocycles. The van der Waals surface area contributed by atoms with Crippen LogP contribution in [-0.4, -0.2) is 9.97 Å². The lowest BCUT2D eigenvalue weighted by atomic mass is 10.3. The second-order valence-electron chi connectivity index (χ2n) is 3.43. The van der Waals surface area contributed by atoms with Gasteiger partial charge in [0, 0.05) is 14.7 Å². The van der Waals surface area contributed by atoms with Gasteiger partial charge >= 0.3 is 0 Å². The van der Waals surface area contributed by atoms with Crippen LogP contribution in [0.2, 0.25) is 5.28 Å². The lowest BCUT2D eigenvalue weighted by molar-refractivity contribution is 1.07. The third kappa shape index (κ3) is 3.08. The first kappa shape index (κ1) is 12.6. The molecule has 2 aromatic heterocycles. The van der Waals surface area contributed by atoms with Gasteiger partial charge in [-0.15, -0.1) is 11.3 Å². The average Bonchev–Trinajstić information content (AvgIpc) is 2.67. The summed E-state index contributed by atoms with van der Waals surface area (Å²) in [6.45, 7) is 2.46. The molecule has 0 unspecified atom stereocenters. The molecule has 0 aliphatic rings. The number of hydrogen-bond acceptors (Lipinski definition) is 5. The number of hydrogen-bond donors (Lipinski definition) is 2. The van der Waals surface area contributed by atoms with Gasteiger partial charge < -0.3 is 11.1 Å². The van der Waals surface area contributed by atoms with E-state index in [9.17, 15) is 0 Å². The van der Waals surface area contributed by atoms with Gasteiger partial charge in [0.15, 0.2) is 5.82 Å². The van der Waals surface area contributed by atoms with Gasteiger partial charge in [-0.25, -0.2) is 4.98 Å². The van der Waals surface area contributed by atoms with Crippen molar-refractivity contribution in [3.05, 3.63) is 31.8 Å². The molecule has 0 aliphatic carbocycles. The molecule has 90 valence electrons. The minimum Gasteiger partial charge on any atom is -0.394 e. The zero-order chi connectivity index (χ0) is 12.4. The van der Waals surface area contributed by atoms with Gasteiger partial charge in [0.1, 0.15) is 0 Å². The first-order valence-electron chi connectivity index (χ1n) is 4.82. The summed E-state index contributed by atoms with van der Waals surface area (Å²) < 4.78 is 1.07. The molecule has 0 bridgehead atoms. The van der Waals surface area contributed by atoms with E-state index in [-0.39, 0.29) is 5.28 Å². The van der Waals surface area contributed by atoms with Crippen LogP contribution >= 0.6 is 38.9 Å². The number of nitrogens with one attached hydrogen (secondary N) is 1. The molecule has 3 N–H and O–H groups in total. The molecule has 7 heteroatoms. The minimum atomic E-state index is 0.201. The van der Waals surface area contributed by atoms with Crippen molar-refractivity contribution in [1.82, 2.24) is 9.97 Å². The van der Waals surface area contributed by atoms with Crippen molar-refractivity contribution in [2.45, 2.75) is 13.5 Å². The van der Waals surface area contributed by atoms with Crippen LogP contribution in [0.25, 0.3) is 0 Å². The number of anilines is 2. The van der Waals surface area contributed by atoms with E-state index in [1.165, 1.54) is 4.88 Å². The van der Waals surface area contributed by atoms with Gasteiger partial charge in [-0.2, -0.15) is 4.98 Å². The smallest absolute Gasteiger partial charge is 0.224 e. The second kappa shape index (κ2) is 5.20. The fourth-order valence-electron chi connectivity index (χ4n) is 1.30. The first-order valence-corrected chi connectivity index (χ1v) is 6.87. The van der Waals surface area contributed by atoms with Crippen LogP contribution in [0.1, 0.15) is 10.6 Å². The predicted octanol–water partition coefficient (Wildman–Crippen LogP) is 3.46. The Bertz CT molecular complexity index is 543. The van der Waals surface area contributed by atoms with Crippen molar-refractivity contribution >= 4 is 50.4 Å². The number of halogens is 2. The largest absolute Gasteiger partial charge is 0.394 e. The summed E-state index contributed by atoms with van der Waals surface area (Å²) in [6.07, 6.45) is 0. The van der Waals surface area contributed by atoms with E-state index in [0.29, 0.717) is 23.7 Å². The Labute approximate surface area is 116 Å². The second-order valence-corrected chi connectivity index (χ2v) is 5.67. The quantitative estimate of drug-likeness (QED) is 0.844. The summed E-state index contributed by atoms with van der Waals surface area (Å²) in [5.41, 5.74) is 7.08. The standard InChI is InChI=1S/C10H10BrClN4S/c1-5-8(13)9(16-10(12)15-5)14-3-7-2-6(11)4-17-7/h2,4H,3,13H2,1H3,(H,14,15,16). The van der Waals surface area contributed by atoms with E-state index in [2.05, 4.69) is 31.2 Å². The van der Waals surface area contributed by atoms with Crippen LogP contribution in [-0.2, 0) is 6.54 Å². The lowest BCUT2D eigenvalue weighted by Gasteiger charge is -2.09. The summed E-state index contributed by atoms with van der Waals surface area (Å²) in [6, 6.07) is 2.05. The monoisotopic (exact) mass is 332 g/mol. The summed E-state index contributed by atoms with van der Waals surface area (Å²) in [7, 11) is 0. The van der Waals surface area contributed by atoms with Gasteiger partial charge in [0.2, 0.25) is 5.28 Å². The summed E-state index contributed by atoms with van der Waals surface area (Å²) in [4.78, 5) is 9.23. The van der Waals surface area contributed by atoms with Crippen LogP contribution in [0, 0.1) is 6.92 Å². The average molecular weight is 334 g/mol. The normalized spacial score (nSPS) is 10.5. The van der Waals surface area contributed by atoms with Gasteiger partial charge in [-0.3, -0.25) is 0 Å². The minimum absolute atomic E-state index is 0.201. The molecule has 2 heterocycles. The van der Waals surface area contributed by atoms with Crippen LogP contribution in [0.3, 0.4) is 0 Å². The Kier molecular flexibility index (Phi) is 3.86. The summed E-state index contributed by atoms with van der Waals surface area (Å²) in [5.74, 6) is 0.576. The molecule has 0 aliphatic heterocycles. The molecule has 0 spiro atoms. The third-order valence-electron chi connectivity index (χ3n) is 2.16. The van der Waals surface area contributed by atoms with Crippen LogP contribution in [0.5, 0.6) is 0 Å². The molecule has 0 fully saturated rings. The zero-order valence-corrected chi connectivity index (χ0v) is 12.2. The van der Waals surface area contributed by atoms with E-state index >= 15 is 0 Å². The van der Waals surface area contributed by atoms with Crippen molar-refractivity contribution in [3.63, 3.8) is 0 Å². The fourth-order valence-corrected chi connectivity index (χ4v) is 2.90. The number of thiophene rings is 1. The highest BCUT2D eigenvalue weighted by atomic mass is 79.9. The van der Waals surface area contributed by atoms with Crippen molar-refractivity contribution in [2.75, 3.05) is 11.1 Å². The van der Waals surface area contributed by atoms with E-state index in [1.54, 1.807) is 18.3 Å². The van der Waals surface area contributed by atoms with Gasteiger partial charge in [-0.1, -0.05) is 0 Å². The van der Waals surface area contributed by atoms with E-state index < -0.39 is 0 Å². The number of nitrogens with two attached hydrogens (primary N) is 1. The number of nitrogen functional groups attached to an aromatic ring is 1. The number of aryl methyl sites for hydroxylation is 1. The van der Waals surface area contributed by atoms with Gasteiger partial charge in [-0.05, 0) is 40.5 Å². The van der Waals surface area contributed by atoms with Crippen molar-refractivity contribution < 1.29 is 0 Å². The Morgan fingerprint density at radius 1 is 1.53 bits per heavy atom. The molecule has 0 radical (unpaired) electrons. The van der Waals surface area contributed by atoms with Gasteiger partial charge in [0.25, 0.3) is 0 Å². The fraction of sp³-hybridized carbons (Fsp3) is 0.200. The molecule has 0 aromatic carbocycles. The maximum Gasteiger partial charge on any atom is 0.224 e. The number of rotatable bonds is 3. The zero-order valence-electron chi connectivity index (χ0n) is 9.00. The molecular formula is C10H10BrClN4S. The van der Waals surface area contributed by atoms with Crippen molar-refractivity contribution in [3.8, 4) is 0 Å². The highest BCUT2D eigenvalue weighted by molar-refractivity contribution is 9.10. The SMILES string of the molecule is Cc1nc(Cl)nc(NCc2cc(Br)cs2)c1N. The number of nitrogens with zero attached hydrogens (tertiary/aromatic N) is 2. The molecule has 0 amide bonds. The highest BCUT2D eigenvalue weighted by Gasteiger charge is 2.07. The molecule has 2 rings (SSSR count). The summed E-state index contributed by atoms with van der Waals surface area (Å²) in [5, 5.41) is 5.38. The Hall–Kier alpha value is -0.850.